The molecular weight excluding hydrogens is 402 g/mol. The molecule has 2 aromatic rings. The van der Waals surface area contributed by atoms with Gasteiger partial charge in [-0.25, -0.2) is 17.2 Å². The molecule has 0 bridgehead atoms. The van der Waals surface area contributed by atoms with Crippen LogP contribution in [-0.2, 0) is 14.8 Å². The lowest BCUT2D eigenvalue weighted by atomic mass is 10.2. The molecule has 2 aromatic carbocycles. The Bertz CT molecular complexity index is 982. The first-order valence-corrected chi connectivity index (χ1v) is 10.8. The number of rotatable bonds is 8. The molecule has 0 unspecified atom stereocenters. The molecule has 158 valence electrons. The minimum atomic E-state index is -3.94. The number of sulfonamides is 1. The van der Waals surface area contributed by atoms with E-state index in [0.717, 1.165) is 34.3 Å². The van der Waals surface area contributed by atoms with Crippen molar-refractivity contribution in [3.63, 3.8) is 0 Å². The van der Waals surface area contributed by atoms with E-state index in [4.69, 9.17) is 4.74 Å². The summed E-state index contributed by atoms with van der Waals surface area (Å²) in [5.74, 6) is -2.23. The van der Waals surface area contributed by atoms with Crippen LogP contribution in [-0.4, -0.2) is 39.3 Å². The van der Waals surface area contributed by atoms with Gasteiger partial charge in [-0.05, 0) is 44.5 Å². The van der Waals surface area contributed by atoms with Gasteiger partial charge in [0.2, 0.25) is 15.9 Å². The smallest absolute Gasteiger partial charge is 0.243 e. The third-order valence-corrected chi connectivity index (χ3v) is 5.46. The molecule has 0 aromatic heterocycles. The molecule has 0 saturated carbocycles. The number of hydrogen-bond acceptors (Lipinski definition) is 4. The lowest BCUT2D eigenvalue weighted by Gasteiger charge is -2.29. The zero-order valence-electron chi connectivity index (χ0n) is 16.6. The summed E-state index contributed by atoms with van der Waals surface area (Å²) in [6.45, 7) is 5.15. The molecule has 9 heteroatoms. The van der Waals surface area contributed by atoms with Crippen molar-refractivity contribution in [3.05, 3.63) is 59.7 Å². The van der Waals surface area contributed by atoms with Crippen molar-refractivity contribution in [2.24, 2.45) is 0 Å². The molecule has 2 rings (SSSR count). The summed E-state index contributed by atoms with van der Waals surface area (Å²) in [6, 6.07) is 8.47. The number of para-hydroxylation sites is 1. The highest BCUT2D eigenvalue weighted by atomic mass is 32.2. The molecule has 29 heavy (non-hydrogen) atoms. The number of hydrogen-bond donors (Lipinski definition) is 1. The summed E-state index contributed by atoms with van der Waals surface area (Å²) in [5, 5.41) is 2.68. The second-order valence-corrected chi connectivity index (χ2v) is 8.68. The Hall–Kier alpha value is -2.68. The van der Waals surface area contributed by atoms with Crippen molar-refractivity contribution in [3.8, 4) is 5.75 Å². The third kappa shape index (κ3) is 5.90. The normalized spacial score (nSPS) is 13.4. The van der Waals surface area contributed by atoms with Crippen LogP contribution in [0, 0.1) is 18.6 Å². The fraction of sp³-hybridized carbons (Fsp3) is 0.350. The zero-order valence-corrected chi connectivity index (χ0v) is 17.5. The van der Waals surface area contributed by atoms with E-state index in [1.807, 2.05) is 25.1 Å². The number of nitrogens with one attached hydrogen (secondary N) is 1. The highest BCUT2D eigenvalue weighted by Crippen LogP contribution is 2.23. The van der Waals surface area contributed by atoms with E-state index in [-0.39, 0.29) is 12.3 Å². The fourth-order valence-corrected chi connectivity index (χ4v) is 3.94. The number of benzene rings is 2. The summed E-state index contributed by atoms with van der Waals surface area (Å²) < 4.78 is 57.6. The summed E-state index contributed by atoms with van der Waals surface area (Å²) in [5.41, 5.74) is 0.804. The van der Waals surface area contributed by atoms with Gasteiger partial charge in [0.25, 0.3) is 0 Å². The van der Waals surface area contributed by atoms with Crippen LogP contribution in [0.3, 0.4) is 0 Å². The second-order valence-electron chi connectivity index (χ2n) is 6.82. The molecule has 1 amide bonds. The molecule has 0 fully saturated rings. The average molecular weight is 426 g/mol. The number of nitrogens with zero attached hydrogens (tertiary/aromatic N) is 1. The van der Waals surface area contributed by atoms with Gasteiger partial charge in [-0.15, -0.1) is 0 Å². The monoisotopic (exact) mass is 426 g/mol. The predicted octanol–water partition coefficient (Wildman–Crippen LogP) is 3.01. The number of aryl methyl sites for hydroxylation is 1. The van der Waals surface area contributed by atoms with Crippen LogP contribution in [0.4, 0.5) is 14.5 Å². The summed E-state index contributed by atoms with van der Waals surface area (Å²) in [4.78, 5) is 12.6. The standard InChI is InChI=1S/C20H24F2N2O4S/c1-13-7-5-6-8-19(13)28-12-14(2)23-20(25)15(3)24(29(4,26)27)16-9-10-17(21)18(22)11-16/h5-11,14-15H,12H2,1-4H3,(H,23,25)/t14-,15-/m1/s1. The lowest BCUT2D eigenvalue weighted by molar-refractivity contribution is -0.122. The predicted molar refractivity (Wildman–Crippen MR) is 107 cm³/mol. The largest absolute Gasteiger partial charge is 0.491 e. The quantitative estimate of drug-likeness (QED) is 0.704. The van der Waals surface area contributed by atoms with E-state index in [1.54, 1.807) is 13.0 Å². The van der Waals surface area contributed by atoms with E-state index in [9.17, 15) is 22.0 Å². The Morgan fingerprint density at radius 1 is 1.14 bits per heavy atom. The van der Waals surface area contributed by atoms with Crippen LogP contribution >= 0.6 is 0 Å². The van der Waals surface area contributed by atoms with E-state index in [1.165, 1.54) is 6.92 Å². The van der Waals surface area contributed by atoms with Crippen molar-refractivity contribution in [2.75, 3.05) is 17.2 Å². The Labute approximate surface area is 169 Å². The molecule has 0 saturated heterocycles. The van der Waals surface area contributed by atoms with Crippen LogP contribution in [0.5, 0.6) is 5.75 Å². The Morgan fingerprint density at radius 3 is 2.38 bits per heavy atom. The second kappa shape index (κ2) is 9.21. The number of carbonyl (C=O) groups is 1. The van der Waals surface area contributed by atoms with Crippen LogP contribution in [0.15, 0.2) is 42.5 Å². The molecule has 0 aliphatic carbocycles. The average Bonchev–Trinajstić information content (AvgIpc) is 2.63. The number of anilines is 1. The van der Waals surface area contributed by atoms with Crippen molar-refractivity contribution in [1.29, 1.82) is 0 Å². The van der Waals surface area contributed by atoms with Crippen LogP contribution in [0.25, 0.3) is 0 Å². The van der Waals surface area contributed by atoms with Crippen molar-refractivity contribution in [1.82, 2.24) is 5.32 Å². The minimum Gasteiger partial charge on any atom is -0.491 e. The highest BCUT2D eigenvalue weighted by molar-refractivity contribution is 7.92. The van der Waals surface area contributed by atoms with E-state index in [0.29, 0.717) is 5.75 Å². The maximum Gasteiger partial charge on any atom is 0.243 e. The maximum absolute atomic E-state index is 13.6. The van der Waals surface area contributed by atoms with Gasteiger partial charge in [-0.3, -0.25) is 9.10 Å². The van der Waals surface area contributed by atoms with Gasteiger partial charge in [0, 0.05) is 6.07 Å². The van der Waals surface area contributed by atoms with Gasteiger partial charge in [0.05, 0.1) is 18.0 Å². The molecule has 0 radical (unpaired) electrons. The Balaban J connectivity index is 2.10. The van der Waals surface area contributed by atoms with Gasteiger partial charge in [0.15, 0.2) is 11.6 Å². The summed E-state index contributed by atoms with van der Waals surface area (Å²) in [7, 11) is -3.94. The first kappa shape index (κ1) is 22.6. The van der Waals surface area contributed by atoms with E-state index < -0.39 is 39.6 Å². The first-order valence-electron chi connectivity index (χ1n) is 8.94. The number of halogens is 2. The van der Waals surface area contributed by atoms with Gasteiger partial charge in [0.1, 0.15) is 18.4 Å². The van der Waals surface area contributed by atoms with Gasteiger partial charge in [-0.1, -0.05) is 18.2 Å². The van der Waals surface area contributed by atoms with Crippen LogP contribution < -0.4 is 14.4 Å². The van der Waals surface area contributed by atoms with Gasteiger partial charge < -0.3 is 10.1 Å². The third-order valence-electron chi connectivity index (χ3n) is 4.22. The van der Waals surface area contributed by atoms with Crippen LogP contribution in [0.2, 0.25) is 0 Å². The van der Waals surface area contributed by atoms with E-state index >= 15 is 0 Å². The van der Waals surface area contributed by atoms with Crippen molar-refractivity contribution >= 4 is 21.6 Å². The molecule has 2 atom stereocenters. The fourth-order valence-electron chi connectivity index (χ4n) is 2.77. The zero-order chi connectivity index (χ0) is 21.8. The van der Waals surface area contributed by atoms with Gasteiger partial charge >= 0.3 is 0 Å². The Kier molecular flexibility index (Phi) is 7.18. The first-order chi connectivity index (χ1) is 13.5. The number of ether oxygens (including phenoxy) is 1. The number of carbonyl (C=O) groups excluding carboxylic acids is 1. The molecular formula is C20H24F2N2O4S. The SMILES string of the molecule is Cc1ccccc1OC[C@@H](C)NC(=O)[C@@H](C)N(c1ccc(F)c(F)c1)S(C)(=O)=O. The molecule has 6 nitrogen and oxygen atoms in total. The van der Waals surface area contributed by atoms with Crippen LogP contribution in [0.1, 0.15) is 19.4 Å². The van der Waals surface area contributed by atoms with Crippen molar-refractivity contribution in [2.45, 2.75) is 32.9 Å². The van der Waals surface area contributed by atoms with E-state index in [2.05, 4.69) is 5.32 Å². The molecule has 1 N–H and O–H groups in total. The molecule has 0 aliphatic rings. The summed E-state index contributed by atoms with van der Waals surface area (Å²) >= 11 is 0. The highest BCUT2D eigenvalue weighted by Gasteiger charge is 2.30. The molecule has 0 spiro atoms. The molecule has 0 heterocycles. The topological polar surface area (TPSA) is 75.7 Å². The van der Waals surface area contributed by atoms with Crippen molar-refractivity contribution < 1.29 is 26.7 Å². The van der Waals surface area contributed by atoms with Gasteiger partial charge in [-0.2, -0.15) is 0 Å². The number of amides is 1. The molecule has 0 aliphatic heterocycles. The minimum absolute atomic E-state index is 0.141. The lowest BCUT2D eigenvalue weighted by Crippen LogP contribution is -2.50. The Morgan fingerprint density at radius 2 is 1.79 bits per heavy atom. The maximum atomic E-state index is 13.6. The summed E-state index contributed by atoms with van der Waals surface area (Å²) in [6.07, 6.45) is 0.892.